The van der Waals surface area contributed by atoms with E-state index in [0.717, 1.165) is 10.4 Å². The summed E-state index contributed by atoms with van der Waals surface area (Å²) in [5.74, 6) is -0.232. The molecule has 0 spiro atoms. The van der Waals surface area contributed by atoms with Gasteiger partial charge < -0.3 is 5.73 Å². The normalized spacial score (nSPS) is 12.8. The summed E-state index contributed by atoms with van der Waals surface area (Å²) in [5, 5.41) is 0. The Bertz CT molecular complexity index is 504. The predicted molar refractivity (Wildman–Crippen MR) is 66.2 cm³/mol. The molecule has 0 bridgehead atoms. The molecule has 16 heavy (non-hydrogen) atoms. The molecule has 0 aliphatic heterocycles. The molecule has 1 aromatic carbocycles. The van der Waals surface area contributed by atoms with E-state index in [1.165, 1.54) is 10.9 Å². The quantitative estimate of drug-likeness (QED) is 0.846. The Morgan fingerprint density at radius 3 is 2.56 bits per heavy atom. The molecule has 0 aliphatic rings. The van der Waals surface area contributed by atoms with Crippen LogP contribution in [0.2, 0.25) is 0 Å². The highest BCUT2D eigenvalue weighted by Crippen LogP contribution is 2.28. The third-order valence-corrected chi connectivity index (χ3v) is 3.64. The van der Waals surface area contributed by atoms with Gasteiger partial charge in [-0.2, -0.15) is 0 Å². The number of benzene rings is 1. The average molecular weight is 235 g/mol. The molecule has 0 saturated carbocycles. The van der Waals surface area contributed by atoms with E-state index in [1.807, 2.05) is 32.0 Å². The molecule has 84 valence electrons. The van der Waals surface area contributed by atoms with E-state index in [0.29, 0.717) is 5.56 Å². The summed E-state index contributed by atoms with van der Waals surface area (Å²) in [6.45, 7) is 3.96. The topological polar surface area (TPSA) is 26.0 Å². The molecule has 1 aromatic heterocycles. The molecular weight excluding hydrogens is 221 g/mol. The van der Waals surface area contributed by atoms with Gasteiger partial charge in [0.25, 0.3) is 0 Å². The number of rotatable bonds is 2. The third-order valence-electron chi connectivity index (χ3n) is 2.55. The van der Waals surface area contributed by atoms with E-state index in [9.17, 15) is 4.39 Å². The van der Waals surface area contributed by atoms with E-state index in [1.54, 1.807) is 17.4 Å². The number of hydrogen-bond acceptors (Lipinski definition) is 2. The zero-order chi connectivity index (χ0) is 11.7. The van der Waals surface area contributed by atoms with Crippen LogP contribution in [0.5, 0.6) is 0 Å². The average Bonchev–Trinajstić information content (AvgIpc) is 2.67. The zero-order valence-electron chi connectivity index (χ0n) is 9.33. The predicted octanol–water partition coefficient (Wildman–Crippen LogP) is 3.55. The first-order chi connectivity index (χ1) is 7.58. The van der Waals surface area contributed by atoms with Crippen LogP contribution in [0.4, 0.5) is 4.39 Å². The van der Waals surface area contributed by atoms with Gasteiger partial charge in [-0.05, 0) is 32.0 Å². The number of thiophene rings is 1. The monoisotopic (exact) mass is 235 g/mol. The molecule has 3 heteroatoms. The van der Waals surface area contributed by atoms with Crippen LogP contribution in [-0.2, 0) is 0 Å². The Balaban J connectivity index is 2.40. The molecule has 2 rings (SSSR count). The van der Waals surface area contributed by atoms with Gasteiger partial charge in [-0.15, -0.1) is 11.3 Å². The molecule has 2 N–H and O–H groups in total. The smallest absolute Gasteiger partial charge is 0.128 e. The van der Waals surface area contributed by atoms with Crippen molar-refractivity contribution in [1.82, 2.24) is 0 Å². The fraction of sp³-hybridized carbons (Fsp3) is 0.231. The van der Waals surface area contributed by atoms with Crippen LogP contribution in [0.15, 0.2) is 30.3 Å². The zero-order valence-corrected chi connectivity index (χ0v) is 10.1. The van der Waals surface area contributed by atoms with Gasteiger partial charge in [0.2, 0.25) is 0 Å². The second-order valence-corrected chi connectivity index (χ2v) is 5.27. The summed E-state index contributed by atoms with van der Waals surface area (Å²) >= 11 is 1.61. The molecule has 1 heterocycles. The van der Waals surface area contributed by atoms with Crippen LogP contribution in [0.1, 0.15) is 26.9 Å². The highest BCUT2D eigenvalue weighted by atomic mass is 32.1. The Labute approximate surface area is 98.7 Å². The van der Waals surface area contributed by atoms with Crippen molar-refractivity contribution in [2.45, 2.75) is 19.9 Å². The first kappa shape index (κ1) is 11.3. The Hall–Kier alpha value is -1.19. The van der Waals surface area contributed by atoms with Gasteiger partial charge in [-0.25, -0.2) is 4.39 Å². The largest absolute Gasteiger partial charge is 0.320 e. The molecule has 0 aliphatic carbocycles. The van der Waals surface area contributed by atoms with Crippen molar-refractivity contribution in [2.24, 2.45) is 5.73 Å². The van der Waals surface area contributed by atoms with Gasteiger partial charge in [0, 0.05) is 15.3 Å². The maximum absolute atomic E-state index is 13.6. The Morgan fingerprint density at radius 1 is 1.19 bits per heavy atom. The molecule has 0 amide bonds. The standard InChI is InChI=1S/C13H14FNS/c1-8-3-5-11(14)10(7-8)13(15)12-6-4-9(2)16-12/h3-7,13H,15H2,1-2H3. The van der Waals surface area contributed by atoms with E-state index >= 15 is 0 Å². The fourth-order valence-corrected chi connectivity index (χ4v) is 2.57. The van der Waals surface area contributed by atoms with Crippen molar-refractivity contribution in [3.63, 3.8) is 0 Å². The summed E-state index contributed by atoms with van der Waals surface area (Å²) < 4.78 is 13.6. The number of nitrogens with two attached hydrogens (primary N) is 1. The van der Waals surface area contributed by atoms with Crippen LogP contribution in [0, 0.1) is 19.7 Å². The van der Waals surface area contributed by atoms with Crippen LogP contribution in [0.3, 0.4) is 0 Å². The first-order valence-electron chi connectivity index (χ1n) is 5.16. The number of aryl methyl sites for hydroxylation is 2. The van der Waals surface area contributed by atoms with Gasteiger partial charge in [-0.3, -0.25) is 0 Å². The Kier molecular flexibility index (Phi) is 3.08. The molecule has 0 saturated heterocycles. The minimum absolute atomic E-state index is 0.232. The highest BCUT2D eigenvalue weighted by Gasteiger charge is 2.15. The van der Waals surface area contributed by atoms with Crippen LogP contribution < -0.4 is 5.73 Å². The molecule has 0 radical (unpaired) electrons. The summed E-state index contributed by atoms with van der Waals surface area (Å²) in [6.07, 6.45) is 0. The van der Waals surface area contributed by atoms with E-state index in [2.05, 4.69) is 0 Å². The second-order valence-electron chi connectivity index (χ2n) is 3.95. The lowest BCUT2D eigenvalue weighted by Gasteiger charge is -2.11. The minimum atomic E-state index is -0.362. The van der Waals surface area contributed by atoms with E-state index in [-0.39, 0.29) is 11.9 Å². The van der Waals surface area contributed by atoms with Gasteiger partial charge >= 0.3 is 0 Å². The van der Waals surface area contributed by atoms with Crippen molar-refractivity contribution in [3.05, 3.63) is 57.0 Å². The lowest BCUT2D eigenvalue weighted by atomic mass is 10.0. The third kappa shape index (κ3) is 2.15. The maximum Gasteiger partial charge on any atom is 0.128 e. The maximum atomic E-state index is 13.6. The molecule has 1 unspecified atom stereocenters. The van der Waals surface area contributed by atoms with Crippen molar-refractivity contribution in [1.29, 1.82) is 0 Å². The molecule has 0 fully saturated rings. The van der Waals surface area contributed by atoms with Crippen molar-refractivity contribution >= 4 is 11.3 Å². The number of hydrogen-bond donors (Lipinski definition) is 1. The lowest BCUT2D eigenvalue weighted by molar-refractivity contribution is 0.600. The highest BCUT2D eigenvalue weighted by molar-refractivity contribution is 7.12. The van der Waals surface area contributed by atoms with Crippen LogP contribution in [-0.4, -0.2) is 0 Å². The molecular formula is C13H14FNS. The van der Waals surface area contributed by atoms with Crippen molar-refractivity contribution in [3.8, 4) is 0 Å². The second kappa shape index (κ2) is 4.36. The van der Waals surface area contributed by atoms with Gasteiger partial charge in [0.05, 0.1) is 6.04 Å². The molecule has 1 atom stereocenters. The molecule has 1 nitrogen and oxygen atoms in total. The van der Waals surface area contributed by atoms with E-state index < -0.39 is 0 Å². The Morgan fingerprint density at radius 2 is 1.94 bits per heavy atom. The fourth-order valence-electron chi connectivity index (χ4n) is 1.68. The summed E-state index contributed by atoms with van der Waals surface area (Å²) in [7, 11) is 0. The minimum Gasteiger partial charge on any atom is -0.320 e. The summed E-state index contributed by atoms with van der Waals surface area (Å²) in [5.41, 5.74) is 7.67. The van der Waals surface area contributed by atoms with Gasteiger partial charge in [-0.1, -0.05) is 17.7 Å². The lowest BCUT2D eigenvalue weighted by Crippen LogP contribution is -2.12. The van der Waals surface area contributed by atoms with Crippen LogP contribution >= 0.6 is 11.3 Å². The van der Waals surface area contributed by atoms with Crippen LogP contribution in [0.25, 0.3) is 0 Å². The summed E-state index contributed by atoms with van der Waals surface area (Å²) in [4.78, 5) is 2.19. The SMILES string of the molecule is Cc1ccc(F)c(C(N)c2ccc(C)s2)c1. The molecule has 2 aromatic rings. The van der Waals surface area contributed by atoms with Crippen molar-refractivity contribution < 1.29 is 4.39 Å². The van der Waals surface area contributed by atoms with Crippen molar-refractivity contribution in [2.75, 3.05) is 0 Å². The van der Waals surface area contributed by atoms with Gasteiger partial charge in [0.1, 0.15) is 5.82 Å². The first-order valence-corrected chi connectivity index (χ1v) is 5.97. The van der Waals surface area contributed by atoms with E-state index in [4.69, 9.17) is 5.73 Å². The summed E-state index contributed by atoms with van der Waals surface area (Å²) in [6, 6.07) is 8.66. The van der Waals surface area contributed by atoms with Gasteiger partial charge in [0.15, 0.2) is 0 Å². The number of halogens is 1.